The highest BCUT2D eigenvalue weighted by atomic mass is 35.5. The largest absolute Gasteiger partial charge is 0.481 e. The lowest BCUT2D eigenvalue weighted by molar-refractivity contribution is -0.145. The molecule has 2 N–H and O–H groups in total. The number of carboxylic acids is 1. The van der Waals surface area contributed by atoms with Crippen LogP contribution in [0.25, 0.3) is 22.8 Å². The minimum atomic E-state index is -0.697. The van der Waals surface area contributed by atoms with Gasteiger partial charge in [-0.15, -0.1) is 12.4 Å². The van der Waals surface area contributed by atoms with E-state index in [1.807, 2.05) is 36.4 Å². The summed E-state index contributed by atoms with van der Waals surface area (Å²) in [6, 6.07) is 16.6. The van der Waals surface area contributed by atoms with Gasteiger partial charge in [0.2, 0.25) is 5.82 Å². The highest BCUT2D eigenvalue weighted by molar-refractivity contribution is 5.85. The standard InChI is InChI=1S/C24H27N3O3.ClH/c1-15(2)10-16-6-8-18(9-7-16)23-26-22(27-30-23)19-5-3-4-17(11-19)14-25-21-12-20(13-21)24(28)29;/h3-9,11,15,20-21,25H,10,12-14H2,1-2H3,(H,28,29);1H. The quantitative estimate of drug-likeness (QED) is 0.512. The number of carbonyl (C=O) groups is 1. The molecule has 4 rings (SSSR count). The van der Waals surface area contributed by atoms with Gasteiger partial charge in [-0.1, -0.05) is 49.3 Å². The molecule has 1 heterocycles. The van der Waals surface area contributed by atoms with Gasteiger partial charge < -0.3 is 14.9 Å². The number of hydrogen-bond donors (Lipinski definition) is 2. The van der Waals surface area contributed by atoms with Gasteiger partial charge in [0.15, 0.2) is 0 Å². The first kappa shape index (κ1) is 23.0. The van der Waals surface area contributed by atoms with Crippen LogP contribution in [0.15, 0.2) is 53.1 Å². The second kappa shape index (κ2) is 10.1. The fourth-order valence-electron chi connectivity index (χ4n) is 3.78. The highest BCUT2D eigenvalue weighted by Crippen LogP contribution is 2.28. The zero-order valence-corrected chi connectivity index (χ0v) is 18.6. The minimum absolute atomic E-state index is 0. The van der Waals surface area contributed by atoms with Gasteiger partial charge in [0, 0.05) is 23.7 Å². The Morgan fingerprint density at radius 2 is 1.87 bits per heavy atom. The van der Waals surface area contributed by atoms with Crippen LogP contribution in [-0.2, 0) is 17.8 Å². The van der Waals surface area contributed by atoms with Crippen molar-refractivity contribution in [3.05, 3.63) is 59.7 Å². The second-order valence-corrected chi connectivity index (χ2v) is 8.50. The van der Waals surface area contributed by atoms with Crippen LogP contribution >= 0.6 is 12.4 Å². The van der Waals surface area contributed by atoms with Gasteiger partial charge in [0.25, 0.3) is 5.89 Å². The Kier molecular flexibility index (Phi) is 7.46. The summed E-state index contributed by atoms with van der Waals surface area (Å²) in [5.74, 6) is 0.797. The van der Waals surface area contributed by atoms with Crippen molar-refractivity contribution in [1.29, 1.82) is 0 Å². The molecule has 0 bridgehead atoms. The maximum Gasteiger partial charge on any atom is 0.306 e. The molecular formula is C24H28ClN3O3. The summed E-state index contributed by atoms with van der Waals surface area (Å²) in [7, 11) is 0. The molecule has 7 heteroatoms. The summed E-state index contributed by atoms with van der Waals surface area (Å²) in [5, 5.41) is 16.6. The number of aromatic nitrogens is 2. The lowest BCUT2D eigenvalue weighted by Gasteiger charge is -2.33. The third-order valence-electron chi connectivity index (χ3n) is 5.54. The van der Waals surface area contributed by atoms with E-state index in [1.54, 1.807) is 0 Å². The van der Waals surface area contributed by atoms with Crippen molar-refractivity contribution < 1.29 is 14.4 Å². The monoisotopic (exact) mass is 441 g/mol. The number of carboxylic acid groups (broad SMARTS) is 1. The number of benzene rings is 2. The Bertz CT molecular complexity index is 1010. The van der Waals surface area contributed by atoms with Crippen molar-refractivity contribution in [2.75, 3.05) is 0 Å². The van der Waals surface area contributed by atoms with Crippen LogP contribution in [0.2, 0.25) is 0 Å². The van der Waals surface area contributed by atoms with Gasteiger partial charge in [-0.3, -0.25) is 4.79 Å². The Balaban J connectivity index is 0.00000272. The lowest BCUT2D eigenvalue weighted by Crippen LogP contribution is -2.43. The van der Waals surface area contributed by atoms with E-state index in [2.05, 4.69) is 41.4 Å². The van der Waals surface area contributed by atoms with Gasteiger partial charge in [-0.25, -0.2) is 0 Å². The second-order valence-electron chi connectivity index (χ2n) is 8.50. The first-order valence-corrected chi connectivity index (χ1v) is 10.5. The van der Waals surface area contributed by atoms with Crippen LogP contribution in [0.3, 0.4) is 0 Å². The summed E-state index contributed by atoms with van der Waals surface area (Å²) in [6.07, 6.45) is 2.44. The predicted octanol–water partition coefficient (Wildman–Crippen LogP) is 4.98. The van der Waals surface area contributed by atoms with Crippen LogP contribution in [-0.4, -0.2) is 27.3 Å². The number of halogens is 1. The van der Waals surface area contributed by atoms with E-state index in [1.165, 1.54) is 5.56 Å². The maximum atomic E-state index is 10.9. The molecular weight excluding hydrogens is 414 g/mol. The Morgan fingerprint density at radius 1 is 1.13 bits per heavy atom. The van der Waals surface area contributed by atoms with Gasteiger partial charge >= 0.3 is 5.97 Å². The van der Waals surface area contributed by atoms with E-state index in [0.717, 1.165) is 23.1 Å². The molecule has 0 aliphatic heterocycles. The van der Waals surface area contributed by atoms with Crippen LogP contribution < -0.4 is 5.32 Å². The molecule has 6 nitrogen and oxygen atoms in total. The number of nitrogens with one attached hydrogen (secondary N) is 1. The van der Waals surface area contributed by atoms with E-state index in [0.29, 0.717) is 37.0 Å². The van der Waals surface area contributed by atoms with E-state index < -0.39 is 5.97 Å². The summed E-state index contributed by atoms with van der Waals surface area (Å²) < 4.78 is 5.49. The van der Waals surface area contributed by atoms with Gasteiger partial charge in [0.05, 0.1) is 5.92 Å². The van der Waals surface area contributed by atoms with Gasteiger partial charge in [0.1, 0.15) is 0 Å². The Morgan fingerprint density at radius 3 is 2.55 bits per heavy atom. The first-order valence-electron chi connectivity index (χ1n) is 10.5. The number of aliphatic carboxylic acids is 1. The molecule has 1 aromatic heterocycles. The van der Waals surface area contributed by atoms with E-state index in [4.69, 9.17) is 9.63 Å². The van der Waals surface area contributed by atoms with E-state index in [9.17, 15) is 4.79 Å². The highest BCUT2D eigenvalue weighted by Gasteiger charge is 2.33. The molecule has 0 atom stereocenters. The molecule has 2 aromatic carbocycles. The average Bonchev–Trinajstić information content (AvgIpc) is 3.17. The fraction of sp³-hybridized carbons (Fsp3) is 0.375. The van der Waals surface area contributed by atoms with Crippen molar-refractivity contribution >= 4 is 18.4 Å². The molecule has 0 unspecified atom stereocenters. The summed E-state index contributed by atoms with van der Waals surface area (Å²) in [5.41, 5.74) is 4.22. The normalized spacial score (nSPS) is 17.8. The summed E-state index contributed by atoms with van der Waals surface area (Å²) in [6.45, 7) is 5.11. The van der Waals surface area contributed by atoms with Crippen LogP contribution in [0.1, 0.15) is 37.8 Å². The third-order valence-corrected chi connectivity index (χ3v) is 5.54. The molecule has 0 spiro atoms. The lowest BCUT2D eigenvalue weighted by atomic mass is 9.80. The summed E-state index contributed by atoms with van der Waals surface area (Å²) in [4.78, 5) is 15.5. The van der Waals surface area contributed by atoms with Crippen molar-refractivity contribution in [2.45, 2.75) is 45.7 Å². The Hall–Kier alpha value is -2.70. The topological polar surface area (TPSA) is 88.2 Å². The van der Waals surface area contributed by atoms with Crippen molar-refractivity contribution in [3.8, 4) is 22.8 Å². The molecule has 1 aliphatic carbocycles. The molecule has 31 heavy (non-hydrogen) atoms. The Labute approximate surface area is 188 Å². The maximum absolute atomic E-state index is 10.9. The molecule has 0 saturated heterocycles. The van der Waals surface area contributed by atoms with Crippen LogP contribution in [0.5, 0.6) is 0 Å². The molecule has 164 valence electrons. The first-order chi connectivity index (χ1) is 14.5. The van der Waals surface area contributed by atoms with E-state index >= 15 is 0 Å². The van der Waals surface area contributed by atoms with Crippen molar-refractivity contribution in [3.63, 3.8) is 0 Å². The van der Waals surface area contributed by atoms with Crippen molar-refractivity contribution in [1.82, 2.24) is 15.5 Å². The summed E-state index contributed by atoms with van der Waals surface area (Å²) >= 11 is 0. The fourth-order valence-corrected chi connectivity index (χ4v) is 3.78. The number of rotatable bonds is 8. The van der Waals surface area contributed by atoms with Gasteiger partial charge in [-0.05, 0) is 54.5 Å². The molecule has 1 aliphatic rings. The van der Waals surface area contributed by atoms with Crippen molar-refractivity contribution in [2.24, 2.45) is 11.8 Å². The number of hydrogen-bond acceptors (Lipinski definition) is 5. The molecule has 0 radical (unpaired) electrons. The molecule has 1 fully saturated rings. The third kappa shape index (κ3) is 5.71. The SMILES string of the molecule is CC(C)Cc1ccc(-c2nc(-c3cccc(CNC4CC(C(=O)O)C4)c3)no2)cc1.Cl. The molecule has 0 amide bonds. The van der Waals surface area contributed by atoms with Crippen LogP contribution in [0.4, 0.5) is 0 Å². The zero-order valence-electron chi connectivity index (χ0n) is 17.7. The molecule has 1 saturated carbocycles. The smallest absolute Gasteiger partial charge is 0.306 e. The zero-order chi connectivity index (χ0) is 21.1. The predicted molar refractivity (Wildman–Crippen MR) is 122 cm³/mol. The number of nitrogens with zero attached hydrogens (tertiary/aromatic N) is 2. The van der Waals surface area contributed by atoms with Gasteiger partial charge in [-0.2, -0.15) is 4.98 Å². The minimum Gasteiger partial charge on any atom is -0.481 e. The molecule has 3 aromatic rings. The van der Waals surface area contributed by atoms with E-state index in [-0.39, 0.29) is 24.4 Å². The van der Waals surface area contributed by atoms with Crippen LogP contribution in [0, 0.1) is 11.8 Å². The average molecular weight is 442 g/mol.